The molecule has 0 unspecified atom stereocenters. The first kappa shape index (κ1) is 19.4. The maximum atomic E-state index is 12.5. The van der Waals surface area contributed by atoms with Crippen LogP contribution in [0.4, 0.5) is 0 Å². The van der Waals surface area contributed by atoms with Crippen molar-refractivity contribution in [2.45, 2.75) is 17.8 Å². The number of thioether (sulfide) groups is 1. The van der Waals surface area contributed by atoms with Crippen LogP contribution >= 0.6 is 11.8 Å². The number of imidazole rings is 1. The van der Waals surface area contributed by atoms with Gasteiger partial charge in [-0.15, -0.1) is 0 Å². The smallest absolute Gasteiger partial charge is 0.258 e. The van der Waals surface area contributed by atoms with Crippen LogP contribution in [0.3, 0.4) is 0 Å². The van der Waals surface area contributed by atoms with Gasteiger partial charge in [0.2, 0.25) is 0 Å². The molecule has 3 aromatic heterocycles. The number of nitrogens with zero attached hydrogens (tertiary/aromatic N) is 4. The number of para-hydroxylation sites is 2. The van der Waals surface area contributed by atoms with Crippen LogP contribution in [-0.2, 0) is 5.75 Å². The molecule has 0 aliphatic carbocycles. The topological polar surface area (TPSA) is 61.4 Å². The zero-order valence-corrected chi connectivity index (χ0v) is 18.0. The van der Waals surface area contributed by atoms with Gasteiger partial charge >= 0.3 is 0 Å². The summed E-state index contributed by atoms with van der Waals surface area (Å²) in [5, 5.41) is 0.845. The Hall–Kier alpha value is -3.58. The summed E-state index contributed by atoms with van der Waals surface area (Å²) in [4.78, 5) is 22.0. The van der Waals surface area contributed by atoms with Gasteiger partial charge in [0.05, 0.1) is 23.8 Å². The molecule has 0 aliphatic rings. The Balaban J connectivity index is 1.53. The molecule has 3 heterocycles. The summed E-state index contributed by atoms with van der Waals surface area (Å²) in [6.45, 7) is 1.96. The van der Waals surface area contributed by atoms with Gasteiger partial charge in [0.1, 0.15) is 11.4 Å². The van der Waals surface area contributed by atoms with Gasteiger partial charge in [0.15, 0.2) is 5.16 Å². The zero-order valence-electron chi connectivity index (χ0n) is 17.1. The van der Waals surface area contributed by atoms with Crippen LogP contribution in [0.25, 0.3) is 22.4 Å². The Morgan fingerprint density at radius 2 is 1.81 bits per heavy atom. The van der Waals surface area contributed by atoms with Crippen molar-refractivity contribution in [1.29, 1.82) is 0 Å². The molecule has 5 rings (SSSR count). The number of pyridine rings is 1. The third-order valence-electron chi connectivity index (χ3n) is 5.07. The minimum absolute atomic E-state index is 0.0760. The monoisotopic (exact) mass is 428 g/mol. The first-order valence-corrected chi connectivity index (χ1v) is 10.8. The quantitative estimate of drug-likeness (QED) is 0.382. The van der Waals surface area contributed by atoms with E-state index in [-0.39, 0.29) is 5.56 Å². The van der Waals surface area contributed by atoms with Crippen LogP contribution < -0.4 is 10.3 Å². The van der Waals surface area contributed by atoms with Gasteiger partial charge in [0.25, 0.3) is 5.56 Å². The second kappa shape index (κ2) is 7.92. The molecule has 0 aliphatic heterocycles. The van der Waals surface area contributed by atoms with Crippen molar-refractivity contribution in [2.24, 2.45) is 0 Å². The van der Waals surface area contributed by atoms with E-state index in [0.29, 0.717) is 11.4 Å². The van der Waals surface area contributed by atoms with E-state index in [4.69, 9.17) is 9.72 Å². The lowest BCUT2D eigenvalue weighted by molar-refractivity contribution is 0.414. The predicted molar refractivity (Wildman–Crippen MR) is 123 cm³/mol. The van der Waals surface area contributed by atoms with Gasteiger partial charge in [-0.25, -0.2) is 9.97 Å². The van der Waals surface area contributed by atoms with E-state index in [1.807, 2.05) is 67.7 Å². The van der Waals surface area contributed by atoms with E-state index >= 15 is 0 Å². The molecule has 154 valence electrons. The van der Waals surface area contributed by atoms with Crippen LogP contribution in [-0.4, -0.2) is 26.0 Å². The van der Waals surface area contributed by atoms with E-state index in [1.54, 1.807) is 29.3 Å². The number of rotatable bonds is 5. The van der Waals surface area contributed by atoms with Gasteiger partial charge in [-0.2, -0.15) is 0 Å². The highest BCUT2D eigenvalue weighted by atomic mass is 32.2. The fraction of sp³-hybridized carbons (Fsp3) is 0.125. The molecule has 7 heteroatoms. The normalized spacial score (nSPS) is 11.3. The molecular weight excluding hydrogens is 408 g/mol. The number of hydrogen-bond donors (Lipinski definition) is 0. The van der Waals surface area contributed by atoms with Gasteiger partial charge in [-0.1, -0.05) is 30.0 Å². The molecule has 5 aromatic rings. The Kier molecular flexibility index (Phi) is 4.95. The van der Waals surface area contributed by atoms with Crippen LogP contribution in [0.2, 0.25) is 0 Å². The lowest BCUT2D eigenvalue weighted by Crippen LogP contribution is -2.15. The standard InChI is InChI=1S/C24H20N4O2S/c1-16-7-12-22-25-17(13-23(29)27(22)14-16)15-31-24-26-20-5-3-4-6-21(20)28(24)18-8-10-19(30-2)11-9-18/h3-14H,15H2,1-2H3. The lowest BCUT2D eigenvalue weighted by atomic mass is 10.2. The summed E-state index contributed by atoms with van der Waals surface area (Å²) in [5.41, 5.74) is 5.27. The maximum Gasteiger partial charge on any atom is 0.258 e. The van der Waals surface area contributed by atoms with Crippen molar-refractivity contribution in [1.82, 2.24) is 18.9 Å². The number of ether oxygens (including phenoxy) is 1. The molecule has 2 aromatic carbocycles. The van der Waals surface area contributed by atoms with Crippen molar-refractivity contribution in [3.8, 4) is 11.4 Å². The fourth-order valence-electron chi connectivity index (χ4n) is 3.55. The maximum absolute atomic E-state index is 12.5. The van der Waals surface area contributed by atoms with E-state index in [2.05, 4.69) is 15.6 Å². The summed E-state index contributed by atoms with van der Waals surface area (Å²) < 4.78 is 8.99. The van der Waals surface area contributed by atoms with Gasteiger partial charge in [0, 0.05) is 23.7 Å². The first-order chi connectivity index (χ1) is 15.1. The number of aromatic nitrogens is 4. The molecule has 0 saturated heterocycles. The molecule has 0 fully saturated rings. The molecular formula is C24H20N4O2S. The van der Waals surface area contributed by atoms with Crippen LogP contribution in [0.1, 0.15) is 11.3 Å². The number of aryl methyl sites for hydroxylation is 1. The summed E-state index contributed by atoms with van der Waals surface area (Å²) in [6.07, 6.45) is 1.81. The fourth-order valence-corrected chi connectivity index (χ4v) is 4.47. The van der Waals surface area contributed by atoms with Gasteiger partial charge < -0.3 is 4.74 Å². The molecule has 0 saturated carbocycles. The molecule has 0 radical (unpaired) electrons. The van der Waals surface area contributed by atoms with Crippen molar-refractivity contribution >= 4 is 28.4 Å². The second-order valence-electron chi connectivity index (χ2n) is 7.23. The summed E-state index contributed by atoms with van der Waals surface area (Å²) in [6, 6.07) is 21.4. The summed E-state index contributed by atoms with van der Waals surface area (Å²) >= 11 is 1.56. The molecule has 0 spiro atoms. The summed E-state index contributed by atoms with van der Waals surface area (Å²) in [7, 11) is 1.66. The van der Waals surface area contributed by atoms with Gasteiger partial charge in [-0.3, -0.25) is 13.8 Å². The third kappa shape index (κ3) is 3.68. The van der Waals surface area contributed by atoms with E-state index < -0.39 is 0 Å². The van der Waals surface area contributed by atoms with Crippen LogP contribution in [0.5, 0.6) is 5.75 Å². The Labute approximate surface area is 183 Å². The van der Waals surface area contributed by atoms with Crippen molar-refractivity contribution in [3.63, 3.8) is 0 Å². The minimum Gasteiger partial charge on any atom is -0.497 e. The molecule has 0 amide bonds. The van der Waals surface area contributed by atoms with E-state index in [1.165, 1.54) is 0 Å². The highest BCUT2D eigenvalue weighted by Gasteiger charge is 2.14. The number of fused-ring (bicyclic) bond motifs is 2. The Morgan fingerprint density at radius 3 is 2.61 bits per heavy atom. The van der Waals surface area contributed by atoms with Crippen molar-refractivity contribution in [2.75, 3.05) is 7.11 Å². The number of hydrogen-bond acceptors (Lipinski definition) is 5. The zero-order chi connectivity index (χ0) is 21.4. The Bertz CT molecular complexity index is 1450. The average Bonchev–Trinajstić information content (AvgIpc) is 3.16. The molecule has 0 N–H and O–H groups in total. The molecule has 6 nitrogen and oxygen atoms in total. The SMILES string of the molecule is COc1ccc(-n2c(SCc3cc(=O)n4cc(C)ccc4n3)nc3ccccc32)cc1. The third-order valence-corrected chi connectivity index (χ3v) is 6.04. The van der Waals surface area contributed by atoms with Crippen LogP contribution in [0.15, 0.2) is 82.9 Å². The van der Waals surface area contributed by atoms with Crippen molar-refractivity contribution < 1.29 is 4.74 Å². The average molecular weight is 429 g/mol. The molecule has 0 bridgehead atoms. The minimum atomic E-state index is -0.0760. The highest BCUT2D eigenvalue weighted by Crippen LogP contribution is 2.30. The first-order valence-electron chi connectivity index (χ1n) is 9.86. The number of methoxy groups -OCH3 is 1. The second-order valence-corrected chi connectivity index (χ2v) is 8.17. The Morgan fingerprint density at radius 1 is 1.00 bits per heavy atom. The van der Waals surface area contributed by atoms with E-state index in [0.717, 1.165) is 38.9 Å². The largest absolute Gasteiger partial charge is 0.497 e. The number of benzene rings is 2. The lowest BCUT2D eigenvalue weighted by Gasteiger charge is -2.10. The van der Waals surface area contributed by atoms with Crippen molar-refractivity contribution in [3.05, 3.63) is 94.5 Å². The van der Waals surface area contributed by atoms with Gasteiger partial charge in [-0.05, 0) is 55.0 Å². The predicted octanol–water partition coefficient (Wildman–Crippen LogP) is 4.64. The summed E-state index contributed by atoms with van der Waals surface area (Å²) in [5.74, 6) is 1.34. The van der Waals surface area contributed by atoms with Crippen LogP contribution in [0, 0.1) is 6.92 Å². The molecule has 31 heavy (non-hydrogen) atoms. The highest BCUT2D eigenvalue weighted by molar-refractivity contribution is 7.98. The molecule has 0 atom stereocenters. The van der Waals surface area contributed by atoms with E-state index in [9.17, 15) is 4.79 Å².